The maximum atomic E-state index is 13.5. The molecule has 1 N–H and O–H groups in total. The Bertz CT molecular complexity index is 1400. The number of hydrogen-bond donors (Lipinski definition) is 1. The molecule has 0 bridgehead atoms. The van der Waals surface area contributed by atoms with Crippen molar-refractivity contribution in [3.05, 3.63) is 88.6 Å². The van der Waals surface area contributed by atoms with Gasteiger partial charge < -0.3 is 5.11 Å². The molecule has 31 heavy (non-hydrogen) atoms. The lowest BCUT2D eigenvalue weighted by atomic mass is 10.1. The Balaban J connectivity index is 1.99. The summed E-state index contributed by atoms with van der Waals surface area (Å²) in [4.78, 5) is 11.4. The highest BCUT2D eigenvalue weighted by atomic mass is 79.9. The molecule has 0 atom stereocenters. The van der Waals surface area contributed by atoms with Gasteiger partial charge in [0.25, 0.3) is 0 Å². The average molecular weight is 502 g/mol. The van der Waals surface area contributed by atoms with Crippen LogP contribution in [0.15, 0.2) is 87.2 Å². The van der Waals surface area contributed by atoms with Crippen molar-refractivity contribution in [1.82, 2.24) is 15.0 Å². The molecule has 0 aliphatic rings. The van der Waals surface area contributed by atoms with Gasteiger partial charge in [-0.1, -0.05) is 33.3 Å². The van der Waals surface area contributed by atoms with Gasteiger partial charge in [-0.2, -0.15) is 0 Å². The molecule has 1 heterocycles. The van der Waals surface area contributed by atoms with Crippen LogP contribution in [-0.2, 0) is 9.84 Å². The number of carboxylic acids is 1. The smallest absolute Gasteiger partial charge is 0.335 e. The number of sulfone groups is 1. The molecule has 0 fully saturated rings. The molecule has 1 aromatic heterocycles. The molecular formula is C21H13BrFN3O4S. The zero-order valence-corrected chi connectivity index (χ0v) is 18.0. The van der Waals surface area contributed by atoms with Gasteiger partial charge >= 0.3 is 5.97 Å². The fourth-order valence-electron chi connectivity index (χ4n) is 3.00. The summed E-state index contributed by atoms with van der Waals surface area (Å²) < 4.78 is 42.0. The van der Waals surface area contributed by atoms with Crippen LogP contribution in [-0.4, -0.2) is 34.5 Å². The molecule has 0 radical (unpaired) electrons. The summed E-state index contributed by atoms with van der Waals surface area (Å²) in [7, 11) is -4.10. The quantitative estimate of drug-likeness (QED) is 0.435. The molecule has 0 spiro atoms. The fourth-order valence-corrected chi connectivity index (χ4v) is 4.92. The number of aromatic carboxylic acids is 1. The summed E-state index contributed by atoms with van der Waals surface area (Å²) in [5.74, 6) is -1.64. The van der Waals surface area contributed by atoms with Crippen molar-refractivity contribution >= 4 is 31.7 Å². The molecule has 0 amide bonds. The highest BCUT2D eigenvalue weighted by molar-refractivity contribution is 9.10. The first-order chi connectivity index (χ1) is 14.8. The lowest BCUT2D eigenvalue weighted by Crippen LogP contribution is -2.06. The third-order valence-corrected chi connectivity index (χ3v) is 6.61. The van der Waals surface area contributed by atoms with Crippen LogP contribution >= 0.6 is 15.9 Å². The Morgan fingerprint density at radius 2 is 1.71 bits per heavy atom. The molecule has 3 aromatic carbocycles. The highest BCUT2D eigenvalue weighted by Crippen LogP contribution is 2.32. The lowest BCUT2D eigenvalue weighted by molar-refractivity contribution is 0.0697. The Labute approximate surface area is 184 Å². The second kappa shape index (κ2) is 8.05. The summed E-state index contributed by atoms with van der Waals surface area (Å²) in [6.45, 7) is 0. The third kappa shape index (κ3) is 3.99. The molecule has 0 aliphatic heterocycles. The van der Waals surface area contributed by atoms with Crippen LogP contribution in [0.2, 0.25) is 0 Å². The summed E-state index contributed by atoms with van der Waals surface area (Å²) >= 11 is 3.26. The summed E-state index contributed by atoms with van der Waals surface area (Å²) in [5, 5.41) is 16.9. The van der Waals surface area contributed by atoms with Crippen molar-refractivity contribution in [2.24, 2.45) is 0 Å². The minimum atomic E-state index is -4.10. The van der Waals surface area contributed by atoms with Crippen LogP contribution in [0.25, 0.3) is 16.9 Å². The van der Waals surface area contributed by atoms with E-state index in [1.807, 2.05) is 0 Å². The second-order valence-electron chi connectivity index (χ2n) is 6.48. The Morgan fingerprint density at radius 1 is 1.00 bits per heavy atom. The molecule has 0 saturated heterocycles. The predicted molar refractivity (Wildman–Crippen MR) is 113 cm³/mol. The van der Waals surface area contributed by atoms with Gasteiger partial charge in [-0.05, 0) is 60.7 Å². The molecule has 4 rings (SSSR count). The number of carboxylic acid groups (broad SMARTS) is 1. The summed E-state index contributed by atoms with van der Waals surface area (Å²) in [5.41, 5.74) is 0.722. The van der Waals surface area contributed by atoms with Crippen LogP contribution in [0.5, 0.6) is 0 Å². The van der Waals surface area contributed by atoms with Gasteiger partial charge in [0.15, 0.2) is 0 Å². The SMILES string of the molecule is O=C(O)c1cccc(-n2nnc(S(=O)(=O)c3cccc(Br)c3)c2-c2ccc(F)cc2)c1. The predicted octanol–water partition coefficient (Wildman–Crippen LogP) is 4.37. The monoisotopic (exact) mass is 501 g/mol. The van der Waals surface area contributed by atoms with Gasteiger partial charge in [0.2, 0.25) is 14.9 Å². The standard InChI is InChI=1S/C21H13BrFN3O4S/c22-15-4-2-6-18(12-15)31(29,30)20-19(13-7-9-16(23)10-8-13)26(25-24-20)17-5-1-3-14(11-17)21(27)28/h1-12H,(H,27,28). The zero-order chi connectivity index (χ0) is 22.2. The minimum Gasteiger partial charge on any atom is -0.478 e. The van der Waals surface area contributed by atoms with Gasteiger partial charge in [0.1, 0.15) is 11.5 Å². The van der Waals surface area contributed by atoms with Crippen LogP contribution in [0, 0.1) is 5.82 Å². The molecule has 4 aromatic rings. The van der Waals surface area contributed by atoms with Crippen molar-refractivity contribution < 1.29 is 22.7 Å². The molecule has 0 aliphatic carbocycles. The number of benzene rings is 3. The number of rotatable bonds is 5. The number of carbonyl (C=O) groups is 1. The highest BCUT2D eigenvalue weighted by Gasteiger charge is 2.29. The molecule has 7 nitrogen and oxygen atoms in total. The average Bonchev–Trinajstić information content (AvgIpc) is 3.20. The zero-order valence-electron chi connectivity index (χ0n) is 15.6. The number of nitrogens with zero attached hydrogens (tertiary/aromatic N) is 3. The van der Waals surface area contributed by atoms with Gasteiger partial charge in [0, 0.05) is 10.0 Å². The van der Waals surface area contributed by atoms with Gasteiger partial charge in [-0.25, -0.2) is 22.3 Å². The largest absolute Gasteiger partial charge is 0.478 e. The van der Waals surface area contributed by atoms with Crippen molar-refractivity contribution in [3.63, 3.8) is 0 Å². The van der Waals surface area contributed by atoms with Crippen molar-refractivity contribution in [2.45, 2.75) is 9.92 Å². The van der Waals surface area contributed by atoms with Crippen molar-refractivity contribution in [3.8, 4) is 16.9 Å². The van der Waals surface area contributed by atoms with Crippen LogP contribution in [0.1, 0.15) is 10.4 Å². The van der Waals surface area contributed by atoms with Gasteiger partial charge in [-0.3, -0.25) is 0 Å². The summed E-state index contributed by atoms with van der Waals surface area (Å²) in [6, 6.07) is 17.2. The topological polar surface area (TPSA) is 102 Å². The third-order valence-electron chi connectivity index (χ3n) is 4.46. The van der Waals surface area contributed by atoms with E-state index in [1.165, 1.54) is 59.3 Å². The van der Waals surface area contributed by atoms with Crippen LogP contribution in [0.3, 0.4) is 0 Å². The van der Waals surface area contributed by atoms with E-state index in [0.29, 0.717) is 15.7 Å². The van der Waals surface area contributed by atoms with Crippen molar-refractivity contribution in [1.29, 1.82) is 0 Å². The summed E-state index contributed by atoms with van der Waals surface area (Å²) in [6.07, 6.45) is 0. The Hall–Kier alpha value is -3.37. The van der Waals surface area contributed by atoms with E-state index in [-0.39, 0.29) is 21.2 Å². The number of halogens is 2. The van der Waals surface area contributed by atoms with E-state index >= 15 is 0 Å². The van der Waals surface area contributed by atoms with Crippen molar-refractivity contribution in [2.75, 3.05) is 0 Å². The Kier molecular flexibility index (Phi) is 5.42. The van der Waals surface area contributed by atoms with E-state index in [9.17, 15) is 22.7 Å². The fraction of sp³-hybridized carbons (Fsp3) is 0. The molecule has 0 unspecified atom stereocenters. The normalized spacial score (nSPS) is 11.4. The van der Waals surface area contributed by atoms with E-state index in [4.69, 9.17) is 0 Å². The van der Waals surface area contributed by atoms with E-state index in [1.54, 1.807) is 18.2 Å². The number of aromatic nitrogens is 3. The van der Waals surface area contributed by atoms with E-state index in [2.05, 4.69) is 26.2 Å². The Morgan fingerprint density at radius 3 is 2.39 bits per heavy atom. The first-order valence-electron chi connectivity index (χ1n) is 8.83. The van der Waals surface area contributed by atoms with Crippen LogP contribution in [0.4, 0.5) is 4.39 Å². The molecule has 10 heteroatoms. The van der Waals surface area contributed by atoms with Crippen LogP contribution < -0.4 is 0 Å². The molecule has 0 saturated carbocycles. The first-order valence-corrected chi connectivity index (χ1v) is 11.1. The number of hydrogen-bond acceptors (Lipinski definition) is 5. The van der Waals surface area contributed by atoms with E-state index in [0.717, 1.165) is 0 Å². The van der Waals surface area contributed by atoms with Gasteiger partial charge in [-0.15, -0.1) is 5.10 Å². The second-order valence-corrected chi connectivity index (χ2v) is 9.26. The first kappa shape index (κ1) is 20.9. The van der Waals surface area contributed by atoms with Gasteiger partial charge in [0.05, 0.1) is 16.1 Å². The van der Waals surface area contributed by atoms with E-state index < -0.39 is 21.6 Å². The minimum absolute atomic E-state index is 0.00317. The molecular weight excluding hydrogens is 489 g/mol. The maximum absolute atomic E-state index is 13.5. The lowest BCUT2D eigenvalue weighted by Gasteiger charge is -2.10. The molecule has 156 valence electrons. The maximum Gasteiger partial charge on any atom is 0.335 e.